The maximum Gasteiger partial charge on any atom is 0.272 e. The number of halogens is 2. The number of hydrogen-bond donors (Lipinski definition) is 2. The number of hydrogen-bond acceptors (Lipinski definition) is 3. The van der Waals surface area contributed by atoms with Crippen molar-refractivity contribution in [3.63, 3.8) is 0 Å². The summed E-state index contributed by atoms with van der Waals surface area (Å²) in [5, 5.41) is 13.6. The molecule has 0 fully saturated rings. The third kappa shape index (κ3) is 3.75. The molecule has 0 radical (unpaired) electrons. The van der Waals surface area contributed by atoms with E-state index in [0.29, 0.717) is 21.2 Å². The third-order valence-electron chi connectivity index (χ3n) is 2.77. The lowest BCUT2D eigenvalue weighted by Crippen LogP contribution is -2.18. The molecule has 2 rings (SSSR count). The molecular weight excluding hydrogens is 412 g/mol. The van der Waals surface area contributed by atoms with Gasteiger partial charge in [-0.3, -0.25) is 4.79 Å². The number of amides is 1. The number of benzene rings is 2. The van der Waals surface area contributed by atoms with Crippen molar-refractivity contribution in [3.8, 4) is 18.1 Å². The van der Waals surface area contributed by atoms with Gasteiger partial charge in [0, 0.05) is 14.5 Å². The number of hydrazone groups is 1. The average Bonchev–Trinajstić information content (AvgIpc) is 2.48. The molecule has 0 aliphatic carbocycles. The zero-order chi connectivity index (χ0) is 16.1. The summed E-state index contributed by atoms with van der Waals surface area (Å²) >= 11 is 6.62. The summed E-state index contributed by atoms with van der Waals surface area (Å²) < 4.78 is 1.49. The molecule has 22 heavy (non-hydrogen) atoms. The van der Waals surface area contributed by atoms with E-state index in [2.05, 4.69) is 48.3 Å². The maximum atomic E-state index is 12.0. The summed E-state index contributed by atoms with van der Waals surface area (Å²) in [5.74, 6) is 2.06. The van der Waals surface area contributed by atoms with Gasteiger partial charge in [-0.15, -0.1) is 6.42 Å². The quantitative estimate of drug-likeness (QED) is 0.451. The van der Waals surface area contributed by atoms with Crippen molar-refractivity contribution in [2.24, 2.45) is 5.10 Å². The van der Waals surface area contributed by atoms with Crippen molar-refractivity contribution >= 4 is 44.0 Å². The smallest absolute Gasteiger partial charge is 0.272 e. The Bertz CT molecular complexity index is 795. The number of aromatic hydroxyl groups is 1. The molecule has 0 aliphatic heterocycles. The second-order valence-electron chi connectivity index (χ2n) is 4.21. The largest absolute Gasteiger partial charge is 0.507 e. The van der Waals surface area contributed by atoms with Gasteiger partial charge in [-0.2, -0.15) is 5.10 Å². The zero-order valence-corrected chi connectivity index (χ0v) is 14.3. The third-order valence-corrected chi connectivity index (χ3v) is 3.92. The first-order valence-corrected chi connectivity index (χ1v) is 7.68. The van der Waals surface area contributed by atoms with E-state index in [4.69, 9.17) is 6.42 Å². The number of phenols is 1. The predicted octanol–water partition coefficient (Wildman–Crippen LogP) is 3.66. The number of terminal acetylenes is 1. The summed E-state index contributed by atoms with van der Waals surface area (Å²) in [6.07, 6.45) is 6.67. The van der Waals surface area contributed by atoms with Crippen LogP contribution in [0, 0.1) is 12.3 Å². The standard InChI is InChI=1S/C16H10Br2N2O2/c1-2-10-4-3-5-15(21)13(10)9-19-20-16(22)12-7-6-11(17)8-14(12)18/h1,3-9,21H,(H,20,22)/b19-9+. The summed E-state index contributed by atoms with van der Waals surface area (Å²) in [4.78, 5) is 12.0. The van der Waals surface area contributed by atoms with Gasteiger partial charge < -0.3 is 5.11 Å². The van der Waals surface area contributed by atoms with Crippen LogP contribution in [0.5, 0.6) is 5.75 Å². The molecule has 0 unspecified atom stereocenters. The highest BCUT2D eigenvalue weighted by molar-refractivity contribution is 9.11. The van der Waals surface area contributed by atoms with Gasteiger partial charge >= 0.3 is 0 Å². The fraction of sp³-hybridized carbons (Fsp3) is 0. The second kappa shape index (κ2) is 7.25. The molecule has 1 amide bonds. The van der Waals surface area contributed by atoms with Crippen LogP contribution >= 0.6 is 31.9 Å². The minimum Gasteiger partial charge on any atom is -0.507 e. The Kier molecular flexibility index (Phi) is 5.36. The molecule has 0 bridgehead atoms. The van der Waals surface area contributed by atoms with Crippen LogP contribution in [0.25, 0.3) is 0 Å². The molecule has 110 valence electrons. The molecule has 2 N–H and O–H groups in total. The van der Waals surface area contributed by atoms with Crippen molar-refractivity contribution < 1.29 is 9.90 Å². The van der Waals surface area contributed by atoms with Crippen molar-refractivity contribution in [1.29, 1.82) is 0 Å². The molecule has 0 saturated heterocycles. The fourth-order valence-corrected chi connectivity index (χ4v) is 2.93. The van der Waals surface area contributed by atoms with Crippen LogP contribution in [0.3, 0.4) is 0 Å². The molecule has 0 heterocycles. The molecule has 6 heteroatoms. The van der Waals surface area contributed by atoms with E-state index < -0.39 is 0 Å². The second-order valence-corrected chi connectivity index (χ2v) is 5.98. The van der Waals surface area contributed by atoms with Gasteiger partial charge in [-0.25, -0.2) is 5.43 Å². The van der Waals surface area contributed by atoms with Crippen LogP contribution in [-0.4, -0.2) is 17.2 Å². The lowest BCUT2D eigenvalue weighted by Gasteiger charge is -2.04. The van der Waals surface area contributed by atoms with Crippen LogP contribution in [0.4, 0.5) is 0 Å². The lowest BCUT2D eigenvalue weighted by atomic mass is 10.1. The highest BCUT2D eigenvalue weighted by atomic mass is 79.9. The monoisotopic (exact) mass is 420 g/mol. The van der Waals surface area contributed by atoms with E-state index in [1.54, 1.807) is 30.3 Å². The average molecular weight is 422 g/mol. The van der Waals surface area contributed by atoms with E-state index in [0.717, 1.165) is 4.47 Å². The SMILES string of the molecule is C#Cc1cccc(O)c1/C=N/NC(=O)c1ccc(Br)cc1Br. The predicted molar refractivity (Wildman–Crippen MR) is 92.9 cm³/mol. The van der Waals surface area contributed by atoms with Crippen LogP contribution in [0.2, 0.25) is 0 Å². The van der Waals surface area contributed by atoms with Crippen LogP contribution in [0.15, 0.2) is 50.4 Å². The van der Waals surface area contributed by atoms with E-state index >= 15 is 0 Å². The van der Waals surface area contributed by atoms with E-state index in [1.807, 2.05) is 0 Å². The Hall–Kier alpha value is -2.10. The minimum absolute atomic E-state index is 0.00160. The Labute approximate surface area is 144 Å². The van der Waals surface area contributed by atoms with E-state index in [1.165, 1.54) is 12.3 Å². The van der Waals surface area contributed by atoms with Crippen molar-refractivity contribution in [2.75, 3.05) is 0 Å². The maximum absolute atomic E-state index is 12.0. The minimum atomic E-state index is -0.381. The van der Waals surface area contributed by atoms with Crippen molar-refractivity contribution in [1.82, 2.24) is 5.43 Å². The number of carbonyl (C=O) groups is 1. The molecule has 0 aromatic heterocycles. The van der Waals surface area contributed by atoms with Crippen LogP contribution in [-0.2, 0) is 0 Å². The normalized spacial score (nSPS) is 10.4. The number of phenolic OH excluding ortho intramolecular Hbond substituents is 1. The number of nitrogens with one attached hydrogen (secondary N) is 1. The molecule has 0 spiro atoms. The highest BCUT2D eigenvalue weighted by Gasteiger charge is 2.09. The van der Waals surface area contributed by atoms with Crippen LogP contribution in [0.1, 0.15) is 21.5 Å². The fourth-order valence-electron chi connectivity index (χ4n) is 1.70. The Morgan fingerprint density at radius 1 is 1.32 bits per heavy atom. The van der Waals surface area contributed by atoms with Gasteiger partial charge in [0.2, 0.25) is 0 Å². The van der Waals surface area contributed by atoms with Gasteiger partial charge in [0.15, 0.2) is 0 Å². The first-order valence-electron chi connectivity index (χ1n) is 6.10. The molecule has 4 nitrogen and oxygen atoms in total. The number of nitrogens with zero attached hydrogens (tertiary/aromatic N) is 1. The number of rotatable bonds is 3. The molecule has 0 aliphatic rings. The van der Waals surface area contributed by atoms with Crippen molar-refractivity contribution in [2.45, 2.75) is 0 Å². The van der Waals surface area contributed by atoms with Gasteiger partial charge in [0.1, 0.15) is 5.75 Å². The zero-order valence-electron chi connectivity index (χ0n) is 11.2. The van der Waals surface area contributed by atoms with Gasteiger partial charge in [0.05, 0.1) is 17.3 Å². The van der Waals surface area contributed by atoms with Crippen molar-refractivity contribution in [3.05, 3.63) is 62.0 Å². The first-order chi connectivity index (χ1) is 10.5. The van der Waals surface area contributed by atoms with Gasteiger partial charge in [-0.05, 0) is 46.3 Å². The lowest BCUT2D eigenvalue weighted by molar-refractivity contribution is 0.0954. The van der Waals surface area contributed by atoms with E-state index in [9.17, 15) is 9.90 Å². The summed E-state index contributed by atoms with van der Waals surface area (Å²) in [6.45, 7) is 0. The van der Waals surface area contributed by atoms with E-state index in [-0.39, 0.29) is 11.7 Å². The molecule has 2 aromatic carbocycles. The Morgan fingerprint density at radius 2 is 2.09 bits per heavy atom. The van der Waals surface area contributed by atoms with Gasteiger partial charge in [0.25, 0.3) is 5.91 Å². The highest BCUT2D eigenvalue weighted by Crippen LogP contribution is 2.22. The molecule has 0 atom stereocenters. The number of carbonyl (C=O) groups excluding carboxylic acids is 1. The molecule has 0 saturated carbocycles. The topological polar surface area (TPSA) is 61.7 Å². The molecular formula is C16H10Br2N2O2. The molecule has 2 aromatic rings. The Balaban J connectivity index is 2.16. The summed E-state index contributed by atoms with van der Waals surface area (Å²) in [7, 11) is 0. The van der Waals surface area contributed by atoms with Crippen LogP contribution < -0.4 is 5.43 Å². The Morgan fingerprint density at radius 3 is 2.77 bits per heavy atom. The summed E-state index contributed by atoms with van der Waals surface area (Å²) in [5.41, 5.74) is 3.70. The first kappa shape index (κ1) is 16.3. The van der Waals surface area contributed by atoms with Gasteiger partial charge in [-0.1, -0.05) is 27.9 Å². The summed E-state index contributed by atoms with van der Waals surface area (Å²) in [6, 6.07) is 9.98.